The number of ether oxygens (including phenoxy) is 2. The van der Waals surface area contributed by atoms with Gasteiger partial charge in [-0.2, -0.15) is 0 Å². The summed E-state index contributed by atoms with van der Waals surface area (Å²) >= 11 is 6.26. The number of nitrogens with zero attached hydrogens (tertiary/aromatic N) is 1. The zero-order valence-corrected chi connectivity index (χ0v) is 19.3. The summed E-state index contributed by atoms with van der Waals surface area (Å²) in [6.07, 6.45) is 1.28. The van der Waals surface area contributed by atoms with Crippen molar-refractivity contribution in [2.24, 2.45) is 5.73 Å². The minimum Gasteiger partial charge on any atom is -0.488 e. The van der Waals surface area contributed by atoms with Crippen LogP contribution in [0.15, 0.2) is 42.6 Å². The highest BCUT2D eigenvalue weighted by Gasteiger charge is 2.34. The fourth-order valence-corrected chi connectivity index (χ4v) is 3.86. The maximum Gasteiger partial charge on any atom is 0.249 e. The van der Waals surface area contributed by atoms with Crippen LogP contribution in [0.5, 0.6) is 11.5 Å². The Morgan fingerprint density at radius 3 is 2.65 bits per heavy atom. The van der Waals surface area contributed by atoms with Gasteiger partial charge in [0.05, 0.1) is 22.9 Å². The van der Waals surface area contributed by atoms with E-state index in [2.05, 4.69) is 10.3 Å². The first-order chi connectivity index (χ1) is 16.3. The Kier molecular flexibility index (Phi) is 8.38. The minimum atomic E-state index is -0.944. The van der Waals surface area contributed by atoms with Crippen LogP contribution in [0, 0.1) is 11.6 Å². The van der Waals surface area contributed by atoms with Crippen molar-refractivity contribution in [1.29, 1.82) is 0 Å². The maximum atomic E-state index is 15.5. The van der Waals surface area contributed by atoms with Crippen LogP contribution in [0.1, 0.15) is 27.7 Å². The third-order valence-electron chi connectivity index (χ3n) is 4.93. The first kappa shape index (κ1) is 25.4. The molecule has 0 bridgehead atoms. The summed E-state index contributed by atoms with van der Waals surface area (Å²) in [5.41, 5.74) is 5.98. The molecule has 1 amide bonds. The van der Waals surface area contributed by atoms with E-state index in [1.54, 1.807) is 24.4 Å². The minimum absolute atomic E-state index is 0.0316. The van der Waals surface area contributed by atoms with E-state index in [0.29, 0.717) is 11.3 Å². The molecule has 1 aliphatic heterocycles. The number of aromatic nitrogens is 1. The van der Waals surface area contributed by atoms with Crippen molar-refractivity contribution in [3.63, 3.8) is 0 Å². The van der Waals surface area contributed by atoms with Gasteiger partial charge in [0.15, 0.2) is 11.6 Å². The van der Waals surface area contributed by atoms with Crippen molar-refractivity contribution in [3.8, 4) is 22.6 Å². The molecule has 4 N–H and O–H groups in total. The van der Waals surface area contributed by atoms with E-state index in [1.807, 2.05) is 14.1 Å². The topological polar surface area (TPSA) is 107 Å². The molecule has 0 radical (unpaired) electrons. The number of aliphatic hydroxyl groups excluding tert-OH is 1. The largest absolute Gasteiger partial charge is 0.488 e. The lowest BCUT2D eigenvalue weighted by atomic mass is 9.91. The summed E-state index contributed by atoms with van der Waals surface area (Å²) in [4.78, 5) is 16.3. The second-order valence-electron chi connectivity index (χ2n) is 7.33. The Balaban J connectivity index is 0.00000103. The molecule has 2 aromatic carbocycles. The predicted molar refractivity (Wildman–Crippen MR) is 124 cm³/mol. The van der Waals surface area contributed by atoms with Gasteiger partial charge in [-0.05, 0) is 38.4 Å². The molecule has 7 nitrogen and oxygen atoms in total. The van der Waals surface area contributed by atoms with Gasteiger partial charge in [0, 0.05) is 35.4 Å². The highest BCUT2D eigenvalue weighted by atomic mass is 35.5. The number of nitrogens with one attached hydrogen (secondary N) is 1. The molecule has 3 aromatic rings. The number of aliphatic hydroxyl groups is 1. The Hall–Kier alpha value is -3.27. The van der Waals surface area contributed by atoms with E-state index in [9.17, 15) is 9.18 Å². The van der Waals surface area contributed by atoms with Crippen molar-refractivity contribution in [2.75, 3.05) is 27.3 Å². The number of carbonyl (C=O) groups is 1. The zero-order valence-electron chi connectivity index (χ0n) is 18.6. The van der Waals surface area contributed by atoms with E-state index in [0.717, 1.165) is 6.07 Å². The average Bonchev–Trinajstić information content (AvgIpc) is 3.24. The first-order valence-electron chi connectivity index (χ1n) is 10.4. The SMILES string of the molecule is CNC.NC(=O)c1ccc(OCCO)c(F)c1-c1c(Cl)c(F)cc2c1CC(c1ccccn1)O2. The van der Waals surface area contributed by atoms with Gasteiger partial charge in [0.25, 0.3) is 0 Å². The average molecular weight is 492 g/mol. The molecule has 0 saturated carbocycles. The number of carbonyl (C=O) groups excluding carboxylic acids is 1. The van der Waals surface area contributed by atoms with Crippen molar-refractivity contribution in [3.05, 3.63) is 76.1 Å². The van der Waals surface area contributed by atoms with Crippen LogP contribution in [0.25, 0.3) is 11.1 Å². The molecular formula is C24H24ClF2N3O4. The molecule has 0 fully saturated rings. The fraction of sp³-hybridized carbons (Fsp3) is 0.250. The number of hydrogen-bond donors (Lipinski definition) is 3. The number of rotatable bonds is 6. The third-order valence-corrected chi connectivity index (χ3v) is 5.30. The molecule has 34 heavy (non-hydrogen) atoms. The molecule has 1 unspecified atom stereocenters. The zero-order chi connectivity index (χ0) is 24.8. The van der Waals surface area contributed by atoms with E-state index in [4.69, 9.17) is 31.9 Å². The molecule has 0 saturated heterocycles. The van der Waals surface area contributed by atoms with E-state index < -0.39 is 23.6 Å². The Morgan fingerprint density at radius 1 is 1.29 bits per heavy atom. The van der Waals surface area contributed by atoms with Crippen molar-refractivity contribution < 1.29 is 28.2 Å². The number of pyridine rings is 1. The number of nitrogens with two attached hydrogens (primary N) is 1. The molecule has 0 spiro atoms. The molecule has 2 heterocycles. The normalized spacial score (nSPS) is 14.0. The molecule has 1 aromatic heterocycles. The summed E-state index contributed by atoms with van der Waals surface area (Å²) in [5, 5.41) is 11.4. The second kappa shape index (κ2) is 11.2. The van der Waals surface area contributed by atoms with Gasteiger partial charge in [0.2, 0.25) is 5.91 Å². The van der Waals surface area contributed by atoms with Crippen LogP contribution in [-0.4, -0.2) is 43.3 Å². The Morgan fingerprint density at radius 2 is 2.03 bits per heavy atom. The smallest absolute Gasteiger partial charge is 0.249 e. The summed E-state index contributed by atoms with van der Waals surface area (Å²) < 4.78 is 41.2. The lowest BCUT2D eigenvalue weighted by Gasteiger charge is -2.16. The molecule has 0 aliphatic carbocycles. The lowest BCUT2D eigenvalue weighted by Crippen LogP contribution is -2.15. The third kappa shape index (κ3) is 5.11. The highest BCUT2D eigenvalue weighted by molar-refractivity contribution is 6.34. The summed E-state index contributed by atoms with van der Waals surface area (Å²) in [6, 6.07) is 8.91. The lowest BCUT2D eigenvalue weighted by molar-refractivity contribution is 0.100. The van der Waals surface area contributed by atoms with E-state index >= 15 is 4.39 Å². The van der Waals surface area contributed by atoms with Gasteiger partial charge >= 0.3 is 0 Å². The van der Waals surface area contributed by atoms with Crippen LogP contribution in [0.2, 0.25) is 5.02 Å². The molecular weight excluding hydrogens is 468 g/mol. The quantitative estimate of drug-likeness (QED) is 0.486. The summed E-state index contributed by atoms with van der Waals surface area (Å²) in [6.45, 7) is -0.520. The molecule has 1 aliphatic rings. The number of amides is 1. The number of benzene rings is 2. The van der Waals surface area contributed by atoms with E-state index in [-0.39, 0.29) is 52.8 Å². The van der Waals surface area contributed by atoms with Crippen LogP contribution < -0.4 is 20.5 Å². The van der Waals surface area contributed by atoms with Gasteiger partial charge < -0.3 is 25.6 Å². The first-order valence-corrected chi connectivity index (χ1v) is 10.7. The van der Waals surface area contributed by atoms with Crippen molar-refractivity contribution in [2.45, 2.75) is 12.5 Å². The number of primary amides is 1. The predicted octanol–water partition coefficient (Wildman–Crippen LogP) is 3.66. The van der Waals surface area contributed by atoms with E-state index in [1.165, 1.54) is 12.1 Å². The standard InChI is InChI=1S/C22H17ClF2N2O4.C2H7N/c23-20-13(24)10-16-12(9-17(31-16)14-3-1-2-6-27-14)18(20)19-11(22(26)29)4-5-15(21(19)25)30-8-7-28;1-3-2/h1-6,10,17,28H,7-9H2,(H2,26,29);3H,1-2H3. The Bertz CT molecular complexity index is 1180. The maximum absolute atomic E-state index is 15.5. The second-order valence-corrected chi connectivity index (χ2v) is 7.70. The highest BCUT2D eigenvalue weighted by Crippen LogP contribution is 2.48. The Labute approximate surface area is 200 Å². The van der Waals surface area contributed by atoms with Gasteiger partial charge in [-0.15, -0.1) is 0 Å². The van der Waals surface area contributed by atoms with Crippen LogP contribution in [0.3, 0.4) is 0 Å². The van der Waals surface area contributed by atoms with Gasteiger partial charge in [-0.3, -0.25) is 9.78 Å². The molecule has 1 atom stereocenters. The summed E-state index contributed by atoms with van der Waals surface area (Å²) in [7, 11) is 3.75. The molecule has 4 rings (SSSR count). The number of fused-ring (bicyclic) bond motifs is 1. The van der Waals surface area contributed by atoms with Gasteiger partial charge in [0.1, 0.15) is 24.3 Å². The number of hydrogen-bond acceptors (Lipinski definition) is 6. The summed E-state index contributed by atoms with van der Waals surface area (Å²) in [5.74, 6) is -2.77. The fourth-order valence-electron chi connectivity index (χ4n) is 3.59. The van der Waals surface area contributed by atoms with Crippen molar-refractivity contribution in [1.82, 2.24) is 10.3 Å². The van der Waals surface area contributed by atoms with Crippen LogP contribution in [-0.2, 0) is 6.42 Å². The molecule has 180 valence electrons. The van der Waals surface area contributed by atoms with Gasteiger partial charge in [-0.1, -0.05) is 17.7 Å². The van der Waals surface area contributed by atoms with Gasteiger partial charge in [-0.25, -0.2) is 8.78 Å². The van der Waals surface area contributed by atoms with Crippen molar-refractivity contribution >= 4 is 17.5 Å². The van der Waals surface area contributed by atoms with Crippen LogP contribution >= 0.6 is 11.6 Å². The van der Waals surface area contributed by atoms with Crippen LogP contribution in [0.4, 0.5) is 8.78 Å². The molecule has 10 heteroatoms. The number of halogens is 3. The monoisotopic (exact) mass is 491 g/mol.